The quantitative estimate of drug-likeness (QED) is 0.216. The molecule has 0 bridgehead atoms. The van der Waals surface area contributed by atoms with Crippen molar-refractivity contribution in [1.29, 1.82) is 0 Å². The van der Waals surface area contributed by atoms with Gasteiger partial charge in [0, 0.05) is 54.1 Å². The molecule has 3 heterocycles. The van der Waals surface area contributed by atoms with E-state index in [4.69, 9.17) is 25.0 Å². The summed E-state index contributed by atoms with van der Waals surface area (Å²) in [6.07, 6.45) is 2.16. The predicted octanol–water partition coefficient (Wildman–Crippen LogP) is 3.80. The number of hydrogen-bond acceptors (Lipinski definition) is 9. The number of hydrogen-bond donors (Lipinski definition) is 3. The first-order valence-corrected chi connectivity index (χ1v) is 15.1. The van der Waals surface area contributed by atoms with Crippen LogP contribution in [0.5, 0.6) is 0 Å². The van der Waals surface area contributed by atoms with Crippen LogP contribution in [0.2, 0.25) is 0 Å². The van der Waals surface area contributed by atoms with Crippen molar-refractivity contribution < 1.29 is 29.6 Å². The molecule has 1 atom stereocenters. The Kier molecular flexibility index (Phi) is 11.6. The molecule has 3 N–H and O–H groups in total. The maximum absolute atomic E-state index is 13.1. The Hall–Kier alpha value is -3.90. The minimum absolute atomic E-state index is 0.0457. The van der Waals surface area contributed by atoms with Gasteiger partial charge in [-0.25, -0.2) is 0 Å². The zero-order valence-corrected chi connectivity index (χ0v) is 25.0. The van der Waals surface area contributed by atoms with E-state index in [1.165, 1.54) is 5.56 Å². The second-order valence-corrected chi connectivity index (χ2v) is 11.6. The summed E-state index contributed by atoms with van der Waals surface area (Å²) < 4.78 is 6.39. The highest BCUT2D eigenvalue weighted by Crippen LogP contribution is 2.36. The summed E-state index contributed by atoms with van der Waals surface area (Å²) in [5, 5.41) is 26.7. The lowest BCUT2D eigenvalue weighted by Crippen LogP contribution is -2.55. The van der Waals surface area contributed by atoms with Gasteiger partial charge < -0.3 is 25.0 Å². The lowest BCUT2D eigenvalue weighted by atomic mass is 10.0. The molecule has 0 aliphatic carbocycles. The van der Waals surface area contributed by atoms with Crippen LogP contribution in [-0.2, 0) is 20.7 Å². The Labute approximate surface area is 253 Å². The number of ether oxygens (including phenoxy) is 1. The van der Waals surface area contributed by atoms with Crippen molar-refractivity contribution in [2.24, 2.45) is 0 Å². The standard InChI is InChI=1S/C28H31N3O3S.C4H6O4/c1-20-16-24-27(26-22(8-5-9-29-26)18-25(33)28(24)35-20)31-11-10-30(12-14-34-15-13-32)23(19-31)17-21-6-3-2-4-7-21;5-3(6)1-2-4(7)8/h2-9,16,18,23,32H,10-15,17,19H2,1H3;1-2H2,(H,5,6)(H,7,8). The fourth-order valence-corrected chi connectivity index (χ4v) is 6.22. The third kappa shape index (κ3) is 8.80. The lowest BCUT2D eigenvalue weighted by Gasteiger charge is -2.43. The highest BCUT2D eigenvalue weighted by Gasteiger charge is 2.29. The zero-order chi connectivity index (χ0) is 30.8. The SMILES string of the molecule is Cc1cc2c(N3CCN(CCOCCO)C(Cc4ccccc4)C3)c3ncccc3cc(=O)c2s1.O=C(O)CCC(=O)O. The first kappa shape index (κ1) is 32.0. The number of aliphatic hydroxyl groups is 1. The fraction of sp³-hybridized carbons (Fsp3) is 0.375. The van der Waals surface area contributed by atoms with Crippen LogP contribution in [0, 0.1) is 6.92 Å². The molecule has 1 unspecified atom stereocenters. The Bertz CT molecular complexity index is 1580. The summed E-state index contributed by atoms with van der Waals surface area (Å²) >= 11 is 1.57. The Balaban J connectivity index is 0.000000467. The molecule has 0 saturated carbocycles. The number of carboxylic acids is 2. The highest BCUT2D eigenvalue weighted by atomic mass is 32.1. The monoisotopic (exact) mass is 607 g/mol. The molecule has 1 aliphatic heterocycles. The zero-order valence-electron chi connectivity index (χ0n) is 24.1. The summed E-state index contributed by atoms with van der Waals surface area (Å²) in [6, 6.07) is 18.6. The molecule has 4 aromatic rings. The van der Waals surface area contributed by atoms with Crippen molar-refractivity contribution in [1.82, 2.24) is 9.88 Å². The smallest absolute Gasteiger partial charge is 0.303 e. The van der Waals surface area contributed by atoms with Gasteiger partial charge in [-0.15, -0.1) is 11.3 Å². The highest BCUT2D eigenvalue weighted by molar-refractivity contribution is 7.19. The normalized spacial score (nSPS) is 15.3. The summed E-state index contributed by atoms with van der Waals surface area (Å²) in [6.45, 7) is 6.48. The number of fused-ring (bicyclic) bond motifs is 2. The molecule has 43 heavy (non-hydrogen) atoms. The van der Waals surface area contributed by atoms with Gasteiger partial charge in [0.15, 0.2) is 5.43 Å². The van der Waals surface area contributed by atoms with E-state index in [-0.39, 0.29) is 30.9 Å². The Morgan fingerprint density at radius 3 is 2.47 bits per heavy atom. The molecule has 10 nitrogen and oxygen atoms in total. The number of aryl methyl sites for hydroxylation is 1. The average molecular weight is 608 g/mol. The Morgan fingerprint density at radius 1 is 1.02 bits per heavy atom. The van der Waals surface area contributed by atoms with Crippen molar-refractivity contribution in [3.8, 4) is 0 Å². The molecular formula is C32H37N3O7S. The number of anilines is 1. The van der Waals surface area contributed by atoms with Crippen LogP contribution >= 0.6 is 11.3 Å². The summed E-state index contributed by atoms with van der Waals surface area (Å²) in [4.78, 5) is 43.2. The minimum Gasteiger partial charge on any atom is -0.481 e. The van der Waals surface area contributed by atoms with Gasteiger partial charge in [0.2, 0.25) is 0 Å². The van der Waals surface area contributed by atoms with Gasteiger partial charge in [0.05, 0.1) is 48.6 Å². The lowest BCUT2D eigenvalue weighted by molar-refractivity contribution is -0.143. The Morgan fingerprint density at radius 2 is 1.77 bits per heavy atom. The number of aliphatic hydroxyl groups excluding tert-OH is 1. The maximum atomic E-state index is 13.1. The number of carbonyl (C=O) groups is 2. The van der Waals surface area contributed by atoms with E-state index in [9.17, 15) is 14.4 Å². The molecule has 2 aromatic carbocycles. The predicted molar refractivity (Wildman–Crippen MR) is 168 cm³/mol. The number of rotatable bonds is 11. The van der Waals surface area contributed by atoms with Crippen molar-refractivity contribution in [2.75, 3.05) is 50.9 Å². The van der Waals surface area contributed by atoms with Crippen LogP contribution in [0.15, 0.2) is 65.6 Å². The van der Waals surface area contributed by atoms with Crippen LogP contribution in [0.1, 0.15) is 23.3 Å². The fourth-order valence-electron chi connectivity index (χ4n) is 5.29. The van der Waals surface area contributed by atoms with Gasteiger partial charge in [-0.2, -0.15) is 0 Å². The van der Waals surface area contributed by atoms with Crippen molar-refractivity contribution in [3.63, 3.8) is 0 Å². The third-order valence-corrected chi connectivity index (χ3v) is 8.30. The topological polar surface area (TPSA) is 140 Å². The summed E-state index contributed by atoms with van der Waals surface area (Å²) in [5.74, 6) is -2.15. The molecule has 0 spiro atoms. The number of pyridine rings is 1. The molecule has 0 amide bonds. The number of benzene rings is 1. The summed E-state index contributed by atoms with van der Waals surface area (Å²) in [7, 11) is 0. The van der Waals surface area contributed by atoms with Crippen LogP contribution in [0.3, 0.4) is 0 Å². The number of thiophene rings is 1. The van der Waals surface area contributed by atoms with E-state index in [0.29, 0.717) is 13.2 Å². The van der Waals surface area contributed by atoms with Crippen LogP contribution in [0.4, 0.5) is 5.69 Å². The molecule has 1 aliphatic rings. The molecule has 0 radical (unpaired) electrons. The first-order valence-electron chi connectivity index (χ1n) is 14.2. The van der Waals surface area contributed by atoms with Crippen LogP contribution in [-0.4, -0.2) is 89.2 Å². The van der Waals surface area contributed by atoms with E-state index in [1.807, 2.05) is 18.3 Å². The number of piperazine rings is 1. The van der Waals surface area contributed by atoms with Crippen molar-refractivity contribution in [2.45, 2.75) is 32.2 Å². The van der Waals surface area contributed by atoms with E-state index in [0.717, 1.165) is 64.2 Å². The van der Waals surface area contributed by atoms with Gasteiger partial charge >= 0.3 is 11.9 Å². The van der Waals surface area contributed by atoms with E-state index in [1.54, 1.807) is 17.4 Å². The number of aliphatic carboxylic acids is 2. The average Bonchev–Trinajstić information content (AvgIpc) is 3.33. The van der Waals surface area contributed by atoms with E-state index in [2.05, 4.69) is 53.1 Å². The van der Waals surface area contributed by atoms with Crippen LogP contribution in [0.25, 0.3) is 21.0 Å². The van der Waals surface area contributed by atoms with Crippen molar-refractivity contribution in [3.05, 3.63) is 81.5 Å². The molecule has 5 rings (SSSR count). The van der Waals surface area contributed by atoms with E-state index >= 15 is 0 Å². The first-order chi connectivity index (χ1) is 20.8. The van der Waals surface area contributed by atoms with Gasteiger partial charge in [0.1, 0.15) is 0 Å². The van der Waals surface area contributed by atoms with Crippen LogP contribution < -0.4 is 10.3 Å². The molecule has 1 saturated heterocycles. The van der Waals surface area contributed by atoms with Gasteiger partial charge in [-0.3, -0.25) is 24.3 Å². The number of carboxylic acid groups (broad SMARTS) is 2. The second kappa shape index (κ2) is 15.5. The van der Waals surface area contributed by atoms with E-state index < -0.39 is 11.9 Å². The molecular weight excluding hydrogens is 570 g/mol. The second-order valence-electron chi connectivity index (χ2n) is 10.3. The molecule has 1 fully saturated rings. The van der Waals surface area contributed by atoms with Gasteiger partial charge in [-0.1, -0.05) is 36.4 Å². The molecule has 228 valence electrons. The minimum atomic E-state index is -1.08. The number of aromatic nitrogens is 1. The third-order valence-electron chi connectivity index (χ3n) is 7.23. The van der Waals surface area contributed by atoms with Gasteiger partial charge in [-0.05, 0) is 37.1 Å². The number of nitrogens with zero attached hydrogens (tertiary/aromatic N) is 3. The molecule has 11 heteroatoms. The molecule has 2 aromatic heterocycles. The maximum Gasteiger partial charge on any atom is 0.303 e. The summed E-state index contributed by atoms with van der Waals surface area (Å²) in [5.41, 5.74) is 3.32. The largest absolute Gasteiger partial charge is 0.481 e. The van der Waals surface area contributed by atoms with Crippen molar-refractivity contribution >= 4 is 50.0 Å². The van der Waals surface area contributed by atoms with Gasteiger partial charge in [0.25, 0.3) is 0 Å².